The summed E-state index contributed by atoms with van der Waals surface area (Å²) in [4.78, 5) is 53.8. The van der Waals surface area contributed by atoms with E-state index in [0.29, 0.717) is 11.2 Å². The first kappa shape index (κ1) is 35.5. The van der Waals surface area contributed by atoms with Gasteiger partial charge in [-0.3, -0.25) is 23.7 Å². The minimum atomic E-state index is -4.40. The molecule has 3 heterocycles. The summed E-state index contributed by atoms with van der Waals surface area (Å²) in [5.74, 6) is -3.25. The Morgan fingerprint density at radius 1 is 1.13 bits per heavy atom. The number of rotatable bonds is 15. The van der Waals surface area contributed by atoms with Gasteiger partial charge in [0.05, 0.1) is 19.9 Å². The highest BCUT2D eigenvalue weighted by Crippen LogP contribution is 2.50. The maximum Gasteiger partial charge on any atom is 0.342 e. The van der Waals surface area contributed by atoms with Crippen molar-refractivity contribution in [2.24, 2.45) is 5.92 Å². The van der Waals surface area contributed by atoms with Crippen LogP contribution >= 0.6 is 7.67 Å². The van der Waals surface area contributed by atoms with Crippen molar-refractivity contribution >= 4 is 42.7 Å². The predicted octanol–water partition coefficient (Wildman–Crippen LogP) is 1.38. The largest absolute Gasteiger partial charge is 0.468 e. The molecule has 0 aliphatic carbocycles. The first-order valence-corrected chi connectivity index (χ1v) is 15.7. The van der Waals surface area contributed by atoms with E-state index in [1.165, 1.54) is 24.7 Å². The Morgan fingerprint density at radius 3 is 2.29 bits per heavy atom. The number of ether oxygens (including phenoxy) is 4. The Hall–Kier alpha value is -3.94. The quantitative estimate of drug-likeness (QED) is 0.140. The lowest BCUT2D eigenvalue weighted by atomic mass is 9.84. The first-order valence-electron chi connectivity index (χ1n) is 14.1. The normalized spacial score (nSPS) is 22.7. The molecule has 0 unspecified atom stereocenters. The van der Waals surface area contributed by atoms with Gasteiger partial charge >= 0.3 is 25.6 Å². The fourth-order valence-corrected chi connectivity index (χ4v) is 6.72. The molecule has 0 saturated carbocycles. The number of carbonyl (C=O) groups excluding carboxylic acids is 4. The van der Waals surface area contributed by atoms with Crippen LogP contribution in [0.4, 0.5) is 5.82 Å². The molecule has 0 amide bonds. The van der Waals surface area contributed by atoms with Crippen LogP contribution in [0, 0.1) is 17.2 Å². The molecule has 18 heteroatoms. The third-order valence-electron chi connectivity index (χ3n) is 7.27. The van der Waals surface area contributed by atoms with Crippen LogP contribution < -0.4 is 15.9 Å². The van der Waals surface area contributed by atoms with Crippen molar-refractivity contribution in [2.75, 3.05) is 26.6 Å². The van der Waals surface area contributed by atoms with E-state index in [2.05, 4.69) is 20.3 Å². The maximum atomic E-state index is 14.1. The Bertz CT molecular complexity index is 1480. The van der Waals surface area contributed by atoms with Crippen LogP contribution in [0.1, 0.15) is 58.8 Å². The molecule has 2 aromatic rings. The van der Waals surface area contributed by atoms with Gasteiger partial charge < -0.3 is 29.2 Å². The summed E-state index contributed by atoms with van der Waals surface area (Å²) in [5, 5.41) is 19.8. The summed E-state index contributed by atoms with van der Waals surface area (Å²) in [6, 6.07) is 2.88. The number of methoxy groups -OCH3 is 2. The molecule has 1 fully saturated rings. The van der Waals surface area contributed by atoms with Crippen LogP contribution in [0.3, 0.4) is 0 Å². The summed E-state index contributed by atoms with van der Waals surface area (Å²) in [6.07, 6.45) is -1.32. The first-order chi connectivity index (χ1) is 21.3. The molecule has 1 aliphatic rings. The maximum absolute atomic E-state index is 14.1. The number of nitrogens with one attached hydrogen (secondary N) is 2. The van der Waals surface area contributed by atoms with Crippen molar-refractivity contribution in [3.05, 3.63) is 24.2 Å². The third kappa shape index (κ3) is 7.84. The summed E-state index contributed by atoms with van der Waals surface area (Å²) in [5.41, 5.74) is 4.68. The molecule has 0 bridgehead atoms. The lowest BCUT2D eigenvalue weighted by molar-refractivity contribution is -0.159. The number of hydrogen-bond donors (Lipinski definition) is 3. The van der Waals surface area contributed by atoms with Crippen molar-refractivity contribution in [1.82, 2.24) is 24.8 Å². The second kappa shape index (κ2) is 14.9. The van der Waals surface area contributed by atoms with E-state index in [9.17, 15) is 29.0 Å². The standard InChI is InChI=1S/C27H38N7O10P/c1-7-17(35)11-18-22(19-9-10-20-24(29)30-14-31-34(19)20)44-27(12-28,23(18)43-21(36)8-2)13-42-45(39,32-15(3)25(37)40-5)33-16(4)26(38)41-6/h9-10,14-16,18,22-23H,7-8,11,13H2,1-6H3,(H2,29,30,31)(H2,32,33,39)/t15-,16-,18-,22+,23-,27+/m0/s1. The van der Waals surface area contributed by atoms with Crippen LogP contribution in [-0.2, 0) is 47.2 Å². The molecular formula is C27H38N7O10P. The van der Waals surface area contributed by atoms with Gasteiger partial charge in [-0.2, -0.15) is 10.4 Å². The number of nitriles is 1. The highest BCUT2D eigenvalue weighted by Gasteiger charge is 2.60. The molecule has 1 saturated heterocycles. The summed E-state index contributed by atoms with van der Waals surface area (Å²) < 4.78 is 42.8. The Kier molecular flexibility index (Phi) is 11.8. The van der Waals surface area contributed by atoms with E-state index in [4.69, 9.17) is 29.2 Å². The Labute approximate surface area is 259 Å². The van der Waals surface area contributed by atoms with Crippen LogP contribution in [0.25, 0.3) is 5.52 Å². The van der Waals surface area contributed by atoms with E-state index in [-0.39, 0.29) is 30.9 Å². The molecule has 246 valence electrons. The van der Waals surface area contributed by atoms with E-state index in [1.54, 1.807) is 26.0 Å². The van der Waals surface area contributed by atoms with Gasteiger partial charge in [0.1, 0.15) is 48.5 Å². The van der Waals surface area contributed by atoms with Crippen molar-refractivity contribution in [1.29, 1.82) is 5.26 Å². The molecular weight excluding hydrogens is 613 g/mol. The number of carbonyl (C=O) groups is 4. The van der Waals surface area contributed by atoms with Crippen molar-refractivity contribution in [2.45, 2.75) is 76.9 Å². The average Bonchev–Trinajstić information content (AvgIpc) is 3.59. The fourth-order valence-electron chi connectivity index (χ4n) is 4.89. The van der Waals surface area contributed by atoms with Crippen molar-refractivity contribution < 1.29 is 47.2 Å². The summed E-state index contributed by atoms with van der Waals surface area (Å²) >= 11 is 0. The van der Waals surface area contributed by atoms with Gasteiger partial charge in [-0.25, -0.2) is 19.7 Å². The predicted molar refractivity (Wildman–Crippen MR) is 156 cm³/mol. The highest BCUT2D eigenvalue weighted by molar-refractivity contribution is 7.54. The molecule has 3 rings (SSSR count). The third-order valence-corrected chi connectivity index (χ3v) is 9.22. The number of ketones is 1. The molecule has 1 aliphatic heterocycles. The molecule has 2 aromatic heterocycles. The monoisotopic (exact) mass is 651 g/mol. The SMILES string of the molecule is CCC(=O)C[C@H]1[C@H](c2ccc3c(N)ncnn23)O[C@](C#N)(COP(=O)(N[C@@H](C)C(=O)OC)N[C@@H](C)C(=O)OC)[C@H]1OC(=O)CC. The van der Waals surface area contributed by atoms with Gasteiger partial charge in [0.2, 0.25) is 5.60 Å². The van der Waals surface area contributed by atoms with E-state index >= 15 is 0 Å². The van der Waals surface area contributed by atoms with Gasteiger partial charge in [-0.05, 0) is 26.0 Å². The number of fused-ring (bicyclic) bond motifs is 1. The molecule has 0 aromatic carbocycles. The number of nitrogen functional groups attached to an aromatic ring is 1. The lowest BCUT2D eigenvalue weighted by Gasteiger charge is -2.32. The molecule has 17 nitrogen and oxygen atoms in total. The molecule has 45 heavy (non-hydrogen) atoms. The van der Waals surface area contributed by atoms with E-state index in [1.807, 2.05) is 6.07 Å². The van der Waals surface area contributed by atoms with Gasteiger partial charge in [0.25, 0.3) is 0 Å². The number of nitrogens with two attached hydrogens (primary N) is 1. The second-order valence-electron chi connectivity index (χ2n) is 10.3. The molecule has 4 N–H and O–H groups in total. The number of nitrogens with zero attached hydrogens (tertiary/aromatic N) is 4. The van der Waals surface area contributed by atoms with Crippen LogP contribution in [-0.4, -0.2) is 82.9 Å². The molecule has 0 radical (unpaired) electrons. The van der Waals surface area contributed by atoms with E-state index < -0.39 is 68.0 Å². The van der Waals surface area contributed by atoms with Gasteiger partial charge in [0.15, 0.2) is 11.9 Å². The van der Waals surface area contributed by atoms with Crippen LogP contribution in [0.15, 0.2) is 18.5 Å². The number of hydrogen-bond acceptors (Lipinski definition) is 14. The number of esters is 3. The second-order valence-corrected chi connectivity index (χ2v) is 12.2. The molecule has 0 spiro atoms. The van der Waals surface area contributed by atoms with Gasteiger partial charge in [-0.15, -0.1) is 0 Å². The minimum Gasteiger partial charge on any atom is -0.468 e. The number of aromatic nitrogens is 3. The summed E-state index contributed by atoms with van der Waals surface area (Å²) in [6.45, 7) is 5.10. The minimum absolute atomic E-state index is 0.0648. The fraction of sp³-hybridized carbons (Fsp3) is 0.593. The van der Waals surface area contributed by atoms with Crippen LogP contribution in [0.2, 0.25) is 0 Å². The zero-order valence-electron chi connectivity index (χ0n) is 25.8. The topological polar surface area (TPSA) is 236 Å². The zero-order chi connectivity index (χ0) is 33.5. The van der Waals surface area contributed by atoms with Crippen LogP contribution in [0.5, 0.6) is 0 Å². The zero-order valence-corrected chi connectivity index (χ0v) is 26.7. The van der Waals surface area contributed by atoms with Gasteiger partial charge in [0, 0.05) is 25.2 Å². The summed E-state index contributed by atoms with van der Waals surface area (Å²) in [7, 11) is -2.15. The highest BCUT2D eigenvalue weighted by atomic mass is 31.2. The lowest BCUT2D eigenvalue weighted by Crippen LogP contribution is -2.49. The smallest absolute Gasteiger partial charge is 0.342 e. The van der Waals surface area contributed by atoms with E-state index in [0.717, 1.165) is 14.2 Å². The Morgan fingerprint density at radius 2 is 1.76 bits per heavy atom. The molecule has 6 atom stereocenters. The number of anilines is 1. The van der Waals surface area contributed by atoms with Crippen molar-refractivity contribution in [3.63, 3.8) is 0 Å². The van der Waals surface area contributed by atoms with Crippen molar-refractivity contribution in [3.8, 4) is 6.07 Å². The Balaban J connectivity index is 2.12. The average molecular weight is 652 g/mol. The number of Topliss-reactive ketones (excluding diaryl/α,β-unsaturated/α-hetero) is 1. The van der Waals surface area contributed by atoms with Gasteiger partial charge in [-0.1, -0.05) is 13.8 Å².